The first kappa shape index (κ1) is 16.3. The number of aromatic nitrogens is 2. The first-order valence-electron chi connectivity index (χ1n) is 7.50. The Labute approximate surface area is 144 Å². The van der Waals surface area contributed by atoms with Crippen LogP contribution in [0.5, 0.6) is 5.75 Å². The van der Waals surface area contributed by atoms with Gasteiger partial charge in [0, 0.05) is 23.0 Å². The van der Waals surface area contributed by atoms with Crippen molar-refractivity contribution in [1.82, 2.24) is 9.72 Å². The molecule has 2 heterocycles. The van der Waals surface area contributed by atoms with Crippen LogP contribution >= 0.6 is 11.6 Å². The van der Waals surface area contributed by atoms with E-state index in [0.29, 0.717) is 27.9 Å². The number of nitrogens with zero attached hydrogens (tertiary/aromatic N) is 2. The second-order valence-electron chi connectivity index (χ2n) is 5.56. The van der Waals surface area contributed by atoms with Gasteiger partial charge in [-0.05, 0) is 39.0 Å². The second-order valence-corrected chi connectivity index (χ2v) is 5.97. The summed E-state index contributed by atoms with van der Waals surface area (Å²) in [6.07, 6.45) is 0. The summed E-state index contributed by atoms with van der Waals surface area (Å²) in [5.41, 5.74) is 2.30. The molecule has 0 saturated carbocycles. The third kappa shape index (κ3) is 3.08. The van der Waals surface area contributed by atoms with Crippen molar-refractivity contribution in [2.75, 3.05) is 6.61 Å². The average Bonchev–Trinajstić information content (AvgIpc) is 3.09. The van der Waals surface area contributed by atoms with Crippen molar-refractivity contribution in [1.29, 1.82) is 0 Å². The number of ether oxygens (including phenoxy) is 1. The van der Waals surface area contributed by atoms with Crippen LogP contribution < -0.4 is 4.74 Å². The smallest absolute Gasteiger partial charge is 0.202 e. The standard InChI is InChI=1S/C18H17ClN2O3/c1-11-8-14(13(3)21(11)18-9-12(2)24-20-18)16(22)10-23-17-7-5-4-6-15(17)19/h4-9H,10H2,1-3H3. The van der Waals surface area contributed by atoms with Crippen LogP contribution in [-0.2, 0) is 0 Å². The zero-order valence-corrected chi connectivity index (χ0v) is 14.4. The summed E-state index contributed by atoms with van der Waals surface area (Å²) in [6, 6.07) is 10.7. The number of ketones is 1. The molecule has 0 aliphatic rings. The Morgan fingerprint density at radius 2 is 2.00 bits per heavy atom. The largest absolute Gasteiger partial charge is 0.484 e. The van der Waals surface area contributed by atoms with Gasteiger partial charge in [-0.3, -0.25) is 9.36 Å². The molecule has 5 nitrogen and oxygen atoms in total. The number of para-hydroxylation sites is 1. The van der Waals surface area contributed by atoms with Crippen LogP contribution in [0.4, 0.5) is 0 Å². The van der Waals surface area contributed by atoms with Gasteiger partial charge in [-0.25, -0.2) is 0 Å². The van der Waals surface area contributed by atoms with E-state index in [0.717, 1.165) is 11.4 Å². The lowest BCUT2D eigenvalue weighted by Crippen LogP contribution is -2.13. The van der Waals surface area contributed by atoms with Crippen molar-refractivity contribution >= 4 is 17.4 Å². The predicted octanol–water partition coefficient (Wildman–Crippen LogP) is 4.31. The molecule has 24 heavy (non-hydrogen) atoms. The Bertz CT molecular complexity index is 896. The highest BCUT2D eigenvalue weighted by atomic mass is 35.5. The molecular formula is C18H17ClN2O3. The maximum Gasteiger partial charge on any atom is 0.202 e. The Hall–Kier alpha value is -2.53. The van der Waals surface area contributed by atoms with E-state index in [-0.39, 0.29) is 12.4 Å². The molecule has 0 saturated heterocycles. The van der Waals surface area contributed by atoms with Gasteiger partial charge < -0.3 is 9.26 Å². The van der Waals surface area contributed by atoms with Crippen LogP contribution in [0.2, 0.25) is 5.02 Å². The molecule has 0 N–H and O–H groups in total. The third-order valence-corrected chi connectivity index (χ3v) is 4.08. The van der Waals surface area contributed by atoms with Crippen LogP contribution in [0.25, 0.3) is 5.82 Å². The summed E-state index contributed by atoms with van der Waals surface area (Å²) in [6.45, 7) is 5.54. The number of hydrogen-bond donors (Lipinski definition) is 0. The fraction of sp³-hybridized carbons (Fsp3) is 0.222. The van der Waals surface area contributed by atoms with E-state index in [1.807, 2.05) is 49.6 Å². The highest BCUT2D eigenvalue weighted by Gasteiger charge is 2.19. The quantitative estimate of drug-likeness (QED) is 0.647. The van der Waals surface area contributed by atoms with E-state index in [4.69, 9.17) is 20.9 Å². The van der Waals surface area contributed by atoms with E-state index < -0.39 is 0 Å². The topological polar surface area (TPSA) is 57.3 Å². The molecule has 124 valence electrons. The molecule has 0 aliphatic heterocycles. The van der Waals surface area contributed by atoms with Gasteiger partial charge in [-0.1, -0.05) is 28.9 Å². The first-order chi connectivity index (χ1) is 11.5. The van der Waals surface area contributed by atoms with Crippen molar-refractivity contribution in [2.24, 2.45) is 0 Å². The van der Waals surface area contributed by atoms with E-state index in [9.17, 15) is 4.79 Å². The predicted molar refractivity (Wildman–Crippen MR) is 91.3 cm³/mol. The van der Waals surface area contributed by atoms with Gasteiger partial charge in [-0.15, -0.1) is 0 Å². The molecule has 1 aromatic carbocycles. The van der Waals surface area contributed by atoms with Crippen LogP contribution in [0.1, 0.15) is 27.5 Å². The van der Waals surface area contributed by atoms with E-state index >= 15 is 0 Å². The number of rotatable bonds is 5. The molecule has 6 heteroatoms. The number of benzene rings is 1. The summed E-state index contributed by atoms with van der Waals surface area (Å²) in [5, 5.41) is 4.49. The summed E-state index contributed by atoms with van der Waals surface area (Å²) >= 11 is 6.04. The molecule has 0 unspecified atom stereocenters. The minimum atomic E-state index is -0.116. The molecule has 2 aromatic heterocycles. The minimum absolute atomic E-state index is 0.0775. The molecular weight excluding hydrogens is 328 g/mol. The van der Waals surface area contributed by atoms with Gasteiger partial charge in [0.1, 0.15) is 11.5 Å². The highest BCUT2D eigenvalue weighted by Crippen LogP contribution is 2.24. The van der Waals surface area contributed by atoms with Crippen molar-refractivity contribution in [2.45, 2.75) is 20.8 Å². The van der Waals surface area contributed by atoms with Gasteiger partial charge in [0.25, 0.3) is 0 Å². The van der Waals surface area contributed by atoms with E-state index in [1.165, 1.54) is 0 Å². The van der Waals surface area contributed by atoms with Crippen molar-refractivity contribution in [3.05, 3.63) is 64.1 Å². The molecule has 0 fully saturated rings. The number of aryl methyl sites for hydroxylation is 2. The summed E-state index contributed by atoms with van der Waals surface area (Å²) < 4.78 is 12.6. The van der Waals surface area contributed by atoms with Crippen LogP contribution in [0, 0.1) is 20.8 Å². The maximum absolute atomic E-state index is 12.5. The van der Waals surface area contributed by atoms with Gasteiger partial charge in [-0.2, -0.15) is 0 Å². The van der Waals surface area contributed by atoms with Crippen LogP contribution in [0.15, 0.2) is 40.9 Å². The minimum Gasteiger partial charge on any atom is -0.484 e. The second kappa shape index (κ2) is 6.53. The highest BCUT2D eigenvalue weighted by molar-refractivity contribution is 6.32. The molecule has 0 radical (unpaired) electrons. The number of halogens is 1. The lowest BCUT2D eigenvalue weighted by atomic mass is 10.1. The molecule has 0 spiro atoms. The fourth-order valence-electron chi connectivity index (χ4n) is 2.64. The zero-order chi connectivity index (χ0) is 17.3. The average molecular weight is 345 g/mol. The Morgan fingerprint density at radius 3 is 2.67 bits per heavy atom. The molecule has 0 aliphatic carbocycles. The number of carbonyl (C=O) groups excluding carboxylic acids is 1. The molecule has 0 atom stereocenters. The van der Waals surface area contributed by atoms with Crippen LogP contribution in [-0.4, -0.2) is 22.1 Å². The van der Waals surface area contributed by atoms with Crippen molar-refractivity contribution in [3.8, 4) is 11.6 Å². The zero-order valence-electron chi connectivity index (χ0n) is 13.7. The monoisotopic (exact) mass is 344 g/mol. The normalized spacial score (nSPS) is 10.8. The Balaban J connectivity index is 1.82. The number of carbonyl (C=O) groups is 1. The van der Waals surface area contributed by atoms with Crippen molar-refractivity contribution in [3.63, 3.8) is 0 Å². The maximum atomic E-state index is 12.5. The lowest BCUT2D eigenvalue weighted by molar-refractivity contribution is 0.0921. The molecule has 3 aromatic rings. The van der Waals surface area contributed by atoms with Gasteiger partial charge in [0.05, 0.1) is 5.02 Å². The number of Topliss-reactive ketones (excluding diaryl/α,β-unsaturated/α-hetero) is 1. The third-order valence-electron chi connectivity index (χ3n) is 3.77. The SMILES string of the molecule is Cc1cc(-n2c(C)cc(C(=O)COc3ccccc3Cl)c2C)no1. The molecule has 0 amide bonds. The molecule has 3 rings (SSSR count). The fourth-order valence-corrected chi connectivity index (χ4v) is 2.83. The summed E-state index contributed by atoms with van der Waals surface area (Å²) in [5.74, 6) is 1.75. The Morgan fingerprint density at radius 1 is 1.25 bits per heavy atom. The summed E-state index contributed by atoms with van der Waals surface area (Å²) in [4.78, 5) is 12.5. The van der Waals surface area contributed by atoms with Crippen molar-refractivity contribution < 1.29 is 14.1 Å². The van der Waals surface area contributed by atoms with E-state index in [1.54, 1.807) is 12.1 Å². The lowest BCUT2D eigenvalue weighted by Gasteiger charge is -2.08. The number of hydrogen-bond acceptors (Lipinski definition) is 4. The van der Waals surface area contributed by atoms with Crippen LogP contribution in [0.3, 0.4) is 0 Å². The van der Waals surface area contributed by atoms with Gasteiger partial charge in [0.15, 0.2) is 12.4 Å². The molecule has 0 bridgehead atoms. The van der Waals surface area contributed by atoms with Gasteiger partial charge >= 0.3 is 0 Å². The first-order valence-corrected chi connectivity index (χ1v) is 7.88. The Kier molecular flexibility index (Phi) is 4.44. The van der Waals surface area contributed by atoms with Gasteiger partial charge in [0.2, 0.25) is 5.78 Å². The van der Waals surface area contributed by atoms with E-state index in [2.05, 4.69) is 5.16 Å². The summed E-state index contributed by atoms with van der Waals surface area (Å²) in [7, 11) is 0.